The van der Waals surface area contributed by atoms with Crippen molar-refractivity contribution in [1.82, 2.24) is 20.6 Å². The van der Waals surface area contributed by atoms with Crippen LogP contribution in [0.3, 0.4) is 0 Å². The summed E-state index contributed by atoms with van der Waals surface area (Å²) < 4.78 is 26.1. The van der Waals surface area contributed by atoms with Gasteiger partial charge in [-0.25, -0.2) is 9.37 Å². The van der Waals surface area contributed by atoms with E-state index in [-0.39, 0.29) is 42.5 Å². The molecule has 3 N–H and O–H groups in total. The Labute approximate surface area is 251 Å². The Balaban J connectivity index is 1.35. The highest BCUT2D eigenvalue weighted by atomic mass is 32.1. The number of hydrogen-bond donors (Lipinski definition) is 3. The molecule has 1 spiro atoms. The lowest BCUT2D eigenvalue weighted by Crippen LogP contribution is -2.52. The van der Waals surface area contributed by atoms with Crippen LogP contribution in [0.2, 0.25) is 0 Å². The van der Waals surface area contributed by atoms with Crippen molar-refractivity contribution in [3.63, 3.8) is 0 Å². The number of fused-ring (bicyclic) bond motifs is 1. The molecule has 0 saturated heterocycles. The van der Waals surface area contributed by atoms with Crippen LogP contribution in [-0.4, -0.2) is 59.0 Å². The SMILES string of the molecule is COCC(=O)NC(Cc1cc(F)cc(-c2nccs2)c1)[C@H](O)CN[C@H]1CC2(CCC2)Oc2cnc(CC(C)(C)C)cc21. The highest BCUT2D eigenvalue weighted by Gasteiger charge is 2.46. The van der Waals surface area contributed by atoms with Crippen LogP contribution in [0.1, 0.15) is 69.3 Å². The van der Waals surface area contributed by atoms with Crippen molar-refractivity contribution in [3.05, 3.63) is 64.7 Å². The predicted molar refractivity (Wildman–Crippen MR) is 161 cm³/mol. The summed E-state index contributed by atoms with van der Waals surface area (Å²) in [4.78, 5) is 21.5. The molecule has 0 bridgehead atoms. The zero-order chi connectivity index (χ0) is 29.9. The predicted octanol–water partition coefficient (Wildman–Crippen LogP) is 5.00. The van der Waals surface area contributed by atoms with Gasteiger partial charge >= 0.3 is 0 Å². The monoisotopic (exact) mass is 596 g/mol. The van der Waals surface area contributed by atoms with Gasteiger partial charge in [0, 0.05) is 54.5 Å². The topological polar surface area (TPSA) is 106 Å². The lowest BCUT2D eigenvalue weighted by molar-refractivity contribution is -0.126. The zero-order valence-corrected chi connectivity index (χ0v) is 25.6. The normalized spacial score (nSPS) is 19.0. The fraction of sp³-hybridized carbons (Fsp3) is 0.531. The standard InChI is InChI=1S/C32H41FN4O4S/c1-31(2,3)15-23-14-24-26(16-32(6-5-7-32)41-28(24)18-35-23)36-17-27(38)25(37-29(39)19-40-4)12-20-10-21(13-22(33)11-20)30-34-8-9-42-30/h8-11,13-14,18,25-27,36,38H,5-7,12,15-17,19H2,1-4H3,(H,37,39)/t25?,26-,27+/m0/s1. The highest BCUT2D eigenvalue weighted by molar-refractivity contribution is 7.13. The van der Waals surface area contributed by atoms with Crippen molar-refractivity contribution in [1.29, 1.82) is 0 Å². The van der Waals surface area contributed by atoms with Gasteiger partial charge in [-0.15, -0.1) is 11.3 Å². The minimum absolute atomic E-state index is 0.0357. The molecule has 2 aromatic heterocycles. The first-order chi connectivity index (χ1) is 20.0. The molecule has 8 nitrogen and oxygen atoms in total. The minimum Gasteiger partial charge on any atom is -0.485 e. The number of thiazole rings is 1. The molecule has 0 radical (unpaired) electrons. The van der Waals surface area contributed by atoms with Crippen molar-refractivity contribution in [2.45, 2.75) is 83.1 Å². The van der Waals surface area contributed by atoms with E-state index in [2.05, 4.69) is 42.5 Å². The van der Waals surface area contributed by atoms with E-state index in [0.717, 1.165) is 49.1 Å². The number of aromatic nitrogens is 2. The van der Waals surface area contributed by atoms with Crippen LogP contribution in [0.25, 0.3) is 10.6 Å². The molecule has 1 aliphatic carbocycles. The number of nitrogens with zero attached hydrogens (tertiary/aromatic N) is 2. The van der Waals surface area contributed by atoms with Gasteiger partial charge in [0.2, 0.25) is 5.91 Å². The Bertz CT molecular complexity index is 1370. The van der Waals surface area contributed by atoms with Crippen LogP contribution in [0, 0.1) is 11.2 Å². The lowest BCUT2D eigenvalue weighted by Gasteiger charge is -2.48. The molecule has 5 rings (SSSR count). The van der Waals surface area contributed by atoms with E-state index in [1.165, 1.54) is 30.6 Å². The Hall–Kier alpha value is -2.92. The van der Waals surface area contributed by atoms with Gasteiger partial charge in [-0.1, -0.05) is 20.8 Å². The molecular formula is C32H41FN4O4S. The number of hydrogen-bond acceptors (Lipinski definition) is 8. The number of nitrogens with one attached hydrogen (secondary N) is 2. The fourth-order valence-corrected chi connectivity index (χ4v) is 6.52. The molecule has 3 aromatic rings. The summed E-state index contributed by atoms with van der Waals surface area (Å²) in [5, 5.41) is 20.5. The summed E-state index contributed by atoms with van der Waals surface area (Å²) in [6.07, 6.45) is 7.57. The lowest BCUT2D eigenvalue weighted by atomic mass is 9.73. The second-order valence-corrected chi connectivity index (χ2v) is 13.7. The summed E-state index contributed by atoms with van der Waals surface area (Å²) in [5.74, 6) is 0.0578. The van der Waals surface area contributed by atoms with Gasteiger partial charge in [-0.3, -0.25) is 9.78 Å². The third-order valence-corrected chi connectivity index (χ3v) is 8.78. The number of rotatable bonds is 11. The van der Waals surface area contributed by atoms with Crippen molar-refractivity contribution in [2.24, 2.45) is 5.41 Å². The molecule has 1 aliphatic heterocycles. The second-order valence-electron chi connectivity index (χ2n) is 12.8. The number of ether oxygens (including phenoxy) is 2. The van der Waals surface area contributed by atoms with Gasteiger partial charge < -0.3 is 25.2 Å². The van der Waals surface area contributed by atoms with Crippen LogP contribution in [0.5, 0.6) is 5.75 Å². The minimum atomic E-state index is -0.947. The molecule has 1 unspecified atom stereocenters. The van der Waals surface area contributed by atoms with Crippen LogP contribution in [0.4, 0.5) is 4.39 Å². The smallest absolute Gasteiger partial charge is 0.246 e. The average Bonchev–Trinajstić information content (AvgIpc) is 3.44. The second kappa shape index (κ2) is 12.8. The molecule has 1 saturated carbocycles. The molecule has 1 amide bonds. The van der Waals surface area contributed by atoms with Gasteiger partial charge in [0.1, 0.15) is 28.8 Å². The van der Waals surface area contributed by atoms with Gasteiger partial charge in [-0.05, 0) is 67.3 Å². The molecule has 1 aromatic carbocycles. The summed E-state index contributed by atoms with van der Waals surface area (Å²) >= 11 is 1.43. The Morgan fingerprint density at radius 1 is 1.26 bits per heavy atom. The number of pyridine rings is 1. The van der Waals surface area contributed by atoms with Crippen molar-refractivity contribution >= 4 is 17.2 Å². The molecular weight excluding hydrogens is 555 g/mol. The van der Waals surface area contributed by atoms with E-state index in [4.69, 9.17) is 14.5 Å². The highest BCUT2D eigenvalue weighted by Crippen LogP contribution is 2.49. The molecule has 3 heterocycles. The maximum absolute atomic E-state index is 14.6. The Morgan fingerprint density at radius 3 is 2.74 bits per heavy atom. The van der Waals surface area contributed by atoms with Gasteiger partial charge in [0.15, 0.2) is 0 Å². The summed E-state index contributed by atoms with van der Waals surface area (Å²) in [6, 6.07) is 6.16. The van der Waals surface area contributed by atoms with Crippen LogP contribution in [0.15, 0.2) is 42.0 Å². The first-order valence-corrected chi connectivity index (χ1v) is 15.5. The van der Waals surface area contributed by atoms with Gasteiger partial charge in [-0.2, -0.15) is 0 Å². The number of aliphatic hydroxyl groups is 1. The largest absolute Gasteiger partial charge is 0.485 e. The van der Waals surface area contributed by atoms with E-state index in [9.17, 15) is 14.3 Å². The van der Waals surface area contributed by atoms with Gasteiger partial charge in [0.05, 0.1) is 18.3 Å². The quantitative estimate of drug-likeness (QED) is 0.286. The van der Waals surface area contributed by atoms with E-state index < -0.39 is 18.0 Å². The molecule has 10 heteroatoms. The van der Waals surface area contributed by atoms with E-state index >= 15 is 0 Å². The first kappa shape index (κ1) is 30.5. The van der Waals surface area contributed by atoms with E-state index in [1.54, 1.807) is 6.20 Å². The van der Waals surface area contributed by atoms with Crippen molar-refractivity contribution in [3.8, 4) is 16.3 Å². The van der Waals surface area contributed by atoms with E-state index in [1.807, 2.05) is 17.6 Å². The zero-order valence-electron chi connectivity index (χ0n) is 24.8. The molecule has 1 fully saturated rings. The van der Waals surface area contributed by atoms with Crippen LogP contribution < -0.4 is 15.4 Å². The molecule has 226 valence electrons. The number of aliphatic hydroxyl groups excluding tert-OH is 1. The maximum atomic E-state index is 14.6. The summed E-state index contributed by atoms with van der Waals surface area (Å²) in [6.45, 7) is 6.66. The van der Waals surface area contributed by atoms with Crippen molar-refractivity contribution in [2.75, 3.05) is 20.3 Å². The number of carbonyl (C=O) groups is 1. The van der Waals surface area contributed by atoms with Crippen LogP contribution in [-0.2, 0) is 22.4 Å². The third kappa shape index (κ3) is 7.53. The summed E-state index contributed by atoms with van der Waals surface area (Å²) in [7, 11) is 1.45. The van der Waals surface area contributed by atoms with Crippen molar-refractivity contribution < 1.29 is 23.8 Å². The fourth-order valence-electron chi connectivity index (χ4n) is 5.90. The molecule has 3 atom stereocenters. The Morgan fingerprint density at radius 2 is 2.07 bits per heavy atom. The first-order valence-electron chi connectivity index (χ1n) is 14.6. The maximum Gasteiger partial charge on any atom is 0.246 e. The number of carbonyl (C=O) groups excluding carboxylic acids is 1. The van der Waals surface area contributed by atoms with E-state index in [0.29, 0.717) is 16.1 Å². The third-order valence-electron chi connectivity index (χ3n) is 7.96. The number of amides is 1. The van der Waals surface area contributed by atoms with Gasteiger partial charge in [0.25, 0.3) is 0 Å². The molecule has 2 aliphatic rings. The number of benzene rings is 1. The average molecular weight is 597 g/mol. The number of halogens is 1. The summed E-state index contributed by atoms with van der Waals surface area (Å²) in [5.41, 5.74) is 3.27. The number of methoxy groups -OCH3 is 1. The molecule has 42 heavy (non-hydrogen) atoms. The van der Waals surface area contributed by atoms with Crippen LogP contribution >= 0.6 is 11.3 Å². The Kier molecular flexibility index (Phi) is 9.27.